The van der Waals surface area contributed by atoms with E-state index < -0.39 is 0 Å². The first-order valence-electron chi connectivity index (χ1n) is 16.5. The number of para-hydroxylation sites is 2. The maximum Gasteiger partial charge on any atom is 0.145 e. The predicted octanol–water partition coefficient (Wildman–Crippen LogP) is 10.4. The Labute approximate surface area is 275 Å². The molecule has 0 atom stereocenters. The third-order valence-corrected chi connectivity index (χ3v) is 11.4. The maximum absolute atomic E-state index is 6.49. The van der Waals surface area contributed by atoms with Crippen molar-refractivity contribution in [2.24, 2.45) is 0 Å². The zero-order chi connectivity index (χ0) is 32.5. The number of ether oxygens (including phenoxy) is 1. The number of rotatable bonds is 3. The molecule has 0 radical (unpaired) electrons. The van der Waals surface area contributed by atoms with Crippen molar-refractivity contribution < 1.29 is 4.74 Å². The summed E-state index contributed by atoms with van der Waals surface area (Å²) in [6.45, 7) is 16.1. The van der Waals surface area contributed by atoms with E-state index in [0.717, 1.165) is 34.0 Å². The standard InChI is InChI=1S/C42H38N4O/c1-25-34(45-36-27(28-13-10-21-43-38(28)45)12-8-14-30(36)40(25,2)3)20-23-47-26-18-19-29-35(24-26)46-37-31(41(29,4)5)15-9-16-32(37)42(6,7)33-17-11-22-44-39(33)46/h8-24H,1-7H3. The lowest BCUT2D eigenvalue weighted by atomic mass is 9.67. The number of pyridine rings is 2. The molecule has 0 saturated heterocycles. The smallest absolute Gasteiger partial charge is 0.145 e. The summed E-state index contributed by atoms with van der Waals surface area (Å²) in [4.78, 5) is 12.2. The van der Waals surface area contributed by atoms with Crippen LogP contribution in [0.15, 0.2) is 109 Å². The van der Waals surface area contributed by atoms with Gasteiger partial charge in [-0.3, -0.25) is 9.47 Å². The number of aromatic nitrogens is 3. The van der Waals surface area contributed by atoms with Gasteiger partial charge in [0.15, 0.2) is 0 Å². The quantitative estimate of drug-likeness (QED) is 0.186. The molecular formula is C42H38N4O. The van der Waals surface area contributed by atoms with Crippen molar-refractivity contribution >= 4 is 44.8 Å². The minimum absolute atomic E-state index is 0.144. The summed E-state index contributed by atoms with van der Waals surface area (Å²) in [5.41, 5.74) is 12.9. The monoisotopic (exact) mass is 614 g/mol. The van der Waals surface area contributed by atoms with Gasteiger partial charge in [-0.1, -0.05) is 90.1 Å². The second-order valence-corrected chi connectivity index (χ2v) is 14.8. The maximum atomic E-state index is 6.49. The fourth-order valence-electron chi connectivity index (χ4n) is 8.48. The summed E-state index contributed by atoms with van der Waals surface area (Å²) in [5, 5.41) is 2.39. The van der Waals surface area contributed by atoms with E-state index in [4.69, 9.17) is 14.7 Å². The fraction of sp³-hybridized carbons (Fsp3) is 0.238. The van der Waals surface area contributed by atoms with Crippen molar-refractivity contribution in [2.45, 2.75) is 64.7 Å². The molecule has 5 heteroatoms. The zero-order valence-electron chi connectivity index (χ0n) is 28.0. The molecule has 232 valence electrons. The minimum Gasteiger partial charge on any atom is -0.465 e. The molecule has 3 aromatic heterocycles. The highest BCUT2D eigenvalue weighted by Crippen LogP contribution is 2.59. The van der Waals surface area contributed by atoms with Crippen molar-refractivity contribution in [2.75, 3.05) is 4.90 Å². The Morgan fingerprint density at radius 2 is 1.32 bits per heavy atom. The first-order valence-corrected chi connectivity index (χ1v) is 16.5. The molecule has 0 bridgehead atoms. The molecule has 0 aliphatic carbocycles. The Hall–Kier alpha value is -5.16. The van der Waals surface area contributed by atoms with Gasteiger partial charge in [-0.05, 0) is 65.1 Å². The summed E-state index contributed by atoms with van der Waals surface area (Å²) in [7, 11) is 0. The molecule has 0 unspecified atom stereocenters. The summed E-state index contributed by atoms with van der Waals surface area (Å²) < 4.78 is 8.81. The van der Waals surface area contributed by atoms with E-state index in [1.807, 2.05) is 30.8 Å². The predicted molar refractivity (Wildman–Crippen MR) is 192 cm³/mol. The summed E-state index contributed by atoms with van der Waals surface area (Å²) in [6.07, 6.45) is 7.73. The Balaban J connectivity index is 1.16. The van der Waals surface area contributed by atoms with Crippen LogP contribution in [0.1, 0.15) is 76.3 Å². The normalized spacial score (nSPS) is 18.0. The molecule has 3 aromatic carbocycles. The van der Waals surface area contributed by atoms with Crippen LogP contribution in [0.3, 0.4) is 0 Å². The lowest BCUT2D eigenvalue weighted by molar-refractivity contribution is 0.480. The molecule has 3 aliphatic heterocycles. The third kappa shape index (κ3) is 3.54. The van der Waals surface area contributed by atoms with Gasteiger partial charge in [-0.15, -0.1) is 0 Å². The second kappa shape index (κ2) is 9.22. The number of anilines is 3. The van der Waals surface area contributed by atoms with Crippen LogP contribution in [-0.2, 0) is 16.2 Å². The average Bonchev–Trinajstić information content (AvgIpc) is 3.40. The highest BCUT2D eigenvalue weighted by Gasteiger charge is 2.46. The van der Waals surface area contributed by atoms with E-state index in [2.05, 4.69) is 131 Å². The molecule has 0 amide bonds. The number of allylic oxidation sites excluding steroid dienone is 3. The van der Waals surface area contributed by atoms with Gasteiger partial charge in [0, 0.05) is 51.0 Å². The van der Waals surface area contributed by atoms with Crippen molar-refractivity contribution in [3.8, 4) is 5.75 Å². The fourth-order valence-corrected chi connectivity index (χ4v) is 8.48. The molecule has 5 nitrogen and oxygen atoms in total. The second-order valence-electron chi connectivity index (χ2n) is 14.8. The van der Waals surface area contributed by atoms with E-state index >= 15 is 0 Å². The van der Waals surface area contributed by atoms with Crippen LogP contribution in [0.25, 0.3) is 27.6 Å². The van der Waals surface area contributed by atoms with Gasteiger partial charge < -0.3 is 4.74 Å². The number of hydrogen-bond donors (Lipinski definition) is 0. The molecule has 0 N–H and O–H groups in total. The van der Waals surface area contributed by atoms with Crippen LogP contribution in [0, 0.1) is 0 Å². The van der Waals surface area contributed by atoms with E-state index in [9.17, 15) is 0 Å². The summed E-state index contributed by atoms with van der Waals surface area (Å²) in [5.74, 6) is 1.77. The number of nitrogens with zero attached hydrogens (tertiary/aromatic N) is 4. The Bertz CT molecular complexity index is 2370. The van der Waals surface area contributed by atoms with Crippen LogP contribution in [-0.4, -0.2) is 14.5 Å². The van der Waals surface area contributed by atoms with Crippen LogP contribution in [0.2, 0.25) is 0 Å². The SMILES string of the molecule is CC1=C(C=COc2ccc3c(c2)N2c4ncccc4C(C)(C)c4cccc(c42)C3(C)C)n2c3ncccc3c3cccc(c32)C1(C)C. The highest BCUT2D eigenvalue weighted by atomic mass is 16.5. The molecule has 0 fully saturated rings. The number of benzene rings is 3. The van der Waals surface area contributed by atoms with Gasteiger partial charge >= 0.3 is 0 Å². The molecule has 3 aliphatic rings. The van der Waals surface area contributed by atoms with Gasteiger partial charge in [0.25, 0.3) is 0 Å². The molecule has 6 aromatic rings. The Morgan fingerprint density at radius 3 is 2.13 bits per heavy atom. The van der Waals surface area contributed by atoms with Crippen molar-refractivity contribution in [3.63, 3.8) is 0 Å². The first kappa shape index (κ1) is 28.1. The van der Waals surface area contributed by atoms with Gasteiger partial charge in [0.05, 0.1) is 28.9 Å². The largest absolute Gasteiger partial charge is 0.465 e. The zero-order valence-corrected chi connectivity index (χ0v) is 28.0. The van der Waals surface area contributed by atoms with E-state index in [0.29, 0.717) is 0 Å². The van der Waals surface area contributed by atoms with E-state index in [-0.39, 0.29) is 16.2 Å². The van der Waals surface area contributed by atoms with Crippen LogP contribution in [0.5, 0.6) is 5.75 Å². The first-order chi connectivity index (χ1) is 22.5. The molecule has 0 saturated carbocycles. The van der Waals surface area contributed by atoms with Crippen molar-refractivity contribution in [1.29, 1.82) is 0 Å². The summed E-state index contributed by atoms with van der Waals surface area (Å²) >= 11 is 0. The molecule has 0 spiro atoms. The van der Waals surface area contributed by atoms with Gasteiger partial charge in [0.2, 0.25) is 0 Å². The van der Waals surface area contributed by atoms with Gasteiger partial charge in [-0.25, -0.2) is 9.97 Å². The number of fused-ring (bicyclic) bond motifs is 7. The van der Waals surface area contributed by atoms with E-state index in [1.54, 1.807) is 0 Å². The molecular weight excluding hydrogens is 576 g/mol. The number of hydrogen-bond acceptors (Lipinski definition) is 4. The average molecular weight is 615 g/mol. The Kier molecular flexibility index (Phi) is 5.51. The lowest BCUT2D eigenvalue weighted by Gasteiger charge is -2.48. The molecule has 47 heavy (non-hydrogen) atoms. The van der Waals surface area contributed by atoms with Gasteiger partial charge in [0.1, 0.15) is 17.2 Å². The minimum atomic E-state index is -0.190. The Morgan fingerprint density at radius 1 is 0.660 bits per heavy atom. The van der Waals surface area contributed by atoms with Crippen LogP contribution < -0.4 is 9.64 Å². The highest BCUT2D eigenvalue weighted by molar-refractivity contribution is 6.11. The lowest BCUT2D eigenvalue weighted by Crippen LogP contribution is -2.38. The van der Waals surface area contributed by atoms with Crippen LogP contribution in [0.4, 0.5) is 17.2 Å². The van der Waals surface area contributed by atoms with Crippen LogP contribution >= 0.6 is 0 Å². The summed E-state index contributed by atoms with van der Waals surface area (Å²) in [6, 6.07) is 28.4. The third-order valence-electron chi connectivity index (χ3n) is 11.4. The molecule has 6 heterocycles. The van der Waals surface area contributed by atoms with Crippen molar-refractivity contribution in [1.82, 2.24) is 14.5 Å². The van der Waals surface area contributed by atoms with Crippen molar-refractivity contribution in [3.05, 3.63) is 137 Å². The molecule has 9 rings (SSSR count). The topological polar surface area (TPSA) is 43.2 Å². The van der Waals surface area contributed by atoms with Gasteiger partial charge in [-0.2, -0.15) is 0 Å². The van der Waals surface area contributed by atoms with E-state index in [1.165, 1.54) is 50.0 Å².